The molecule has 0 fully saturated rings. The molecule has 0 bridgehead atoms. The number of aliphatic carboxylic acids is 1. The van der Waals surface area contributed by atoms with Crippen molar-refractivity contribution in [1.29, 1.82) is 0 Å². The second-order valence-corrected chi connectivity index (χ2v) is 6.30. The number of carboxylic acid groups (broad SMARTS) is 1. The van der Waals surface area contributed by atoms with Crippen molar-refractivity contribution in [3.8, 4) is 0 Å². The molecule has 0 unspecified atom stereocenters. The Kier molecular flexibility index (Phi) is 6.11. The lowest BCUT2D eigenvalue weighted by Gasteiger charge is -2.39. The van der Waals surface area contributed by atoms with Gasteiger partial charge in [0, 0.05) is 25.1 Å². The molecule has 0 saturated heterocycles. The van der Waals surface area contributed by atoms with E-state index < -0.39 is 12.0 Å². The average molecular weight is 331 g/mol. The van der Waals surface area contributed by atoms with Crippen molar-refractivity contribution in [2.45, 2.75) is 37.9 Å². The third-order valence-electron chi connectivity index (χ3n) is 4.41. The molecule has 0 aromatic heterocycles. The Morgan fingerprint density at radius 1 is 1.33 bits per heavy atom. The van der Waals surface area contributed by atoms with E-state index in [4.69, 9.17) is 5.73 Å². The number of carbonyl (C=O) groups excluding carboxylic acids is 1. The first-order valence-electron chi connectivity index (χ1n) is 8.09. The highest BCUT2D eigenvalue weighted by molar-refractivity contribution is 5.87. The fraction of sp³-hybridized carbons (Fsp3) is 0.444. The molecule has 1 aromatic carbocycles. The summed E-state index contributed by atoms with van der Waals surface area (Å²) in [6, 6.07) is 9.12. The zero-order valence-electron chi connectivity index (χ0n) is 14.1. The minimum absolute atomic E-state index is 0.163. The van der Waals surface area contributed by atoms with Gasteiger partial charge in [0.05, 0.1) is 12.1 Å². The van der Waals surface area contributed by atoms with Crippen LogP contribution >= 0.6 is 0 Å². The molecule has 0 heterocycles. The molecular formula is C18H25N3O3. The topological polar surface area (TPSA) is 95.7 Å². The first-order chi connectivity index (χ1) is 11.4. The highest BCUT2D eigenvalue weighted by atomic mass is 16.4. The molecule has 0 saturated carbocycles. The predicted octanol–water partition coefficient (Wildman–Crippen LogP) is 0.776. The summed E-state index contributed by atoms with van der Waals surface area (Å²) in [6.45, 7) is 2.19. The minimum Gasteiger partial charge on any atom is -0.478 e. The van der Waals surface area contributed by atoms with Crippen molar-refractivity contribution in [3.05, 3.63) is 47.5 Å². The van der Waals surface area contributed by atoms with Crippen molar-refractivity contribution in [1.82, 2.24) is 10.2 Å². The third kappa shape index (κ3) is 4.66. The van der Waals surface area contributed by atoms with Crippen LogP contribution < -0.4 is 11.1 Å². The summed E-state index contributed by atoms with van der Waals surface area (Å²) in [6.07, 6.45) is 2.81. The summed E-state index contributed by atoms with van der Waals surface area (Å²) in [4.78, 5) is 24.9. The molecule has 0 radical (unpaired) electrons. The lowest BCUT2D eigenvalue weighted by molar-refractivity contribution is -0.133. The number of nitrogens with zero attached hydrogens (tertiary/aromatic N) is 1. The first-order valence-corrected chi connectivity index (χ1v) is 8.09. The summed E-state index contributed by atoms with van der Waals surface area (Å²) in [7, 11) is 1.93. The number of carboxylic acids is 1. The lowest BCUT2D eigenvalue weighted by Crippen LogP contribution is -2.60. The van der Waals surface area contributed by atoms with Gasteiger partial charge in [-0.2, -0.15) is 0 Å². The van der Waals surface area contributed by atoms with Gasteiger partial charge in [-0.1, -0.05) is 36.4 Å². The number of likely N-dealkylation sites (N-methyl/N-ethyl adjacent to an activating group) is 1. The number of amides is 1. The predicted molar refractivity (Wildman–Crippen MR) is 92.5 cm³/mol. The normalized spacial score (nSPS) is 23.7. The fourth-order valence-electron chi connectivity index (χ4n) is 3.10. The van der Waals surface area contributed by atoms with Crippen LogP contribution in [0.3, 0.4) is 0 Å². The minimum atomic E-state index is -0.951. The van der Waals surface area contributed by atoms with Crippen molar-refractivity contribution < 1.29 is 14.7 Å². The molecule has 0 spiro atoms. The highest BCUT2D eigenvalue weighted by Crippen LogP contribution is 2.22. The van der Waals surface area contributed by atoms with Gasteiger partial charge < -0.3 is 16.2 Å². The monoisotopic (exact) mass is 331 g/mol. The van der Waals surface area contributed by atoms with E-state index in [9.17, 15) is 14.7 Å². The smallest absolute Gasteiger partial charge is 0.331 e. The lowest BCUT2D eigenvalue weighted by atomic mass is 9.86. The third-order valence-corrected chi connectivity index (χ3v) is 4.41. The van der Waals surface area contributed by atoms with Crippen LogP contribution in [-0.4, -0.2) is 53.6 Å². The Bertz CT molecular complexity index is 615. The van der Waals surface area contributed by atoms with Crippen LogP contribution in [0.5, 0.6) is 0 Å². The van der Waals surface area contributed by atoms with Gasteiger partial charge in [0.25, 0.3) is 0 Å². The largest absolute Gasteiger partial charge is 0.478 e. The van der Waals surface area contributed by atoms with Crippen molar-refractivity contribution in [2.75, 3.05) is 13.6 Å². The van der Waals surface area contributed by atoms with E-state index in [-0.39, 0.29) is 24.4 Å². The second kappa shape index (κ2) is 8.08. The van der Waals surface area contributed by atoms with Gasteiger partial charge in [0.1, 0.15) is 0 Å². The zero-order valence-corrected chi connectivity index (χ0v) is 14.1. The van der Waals surface area contributed by atoms with Crippen molar-refractivity contribution >= 4 is 11.9 Å². The number of nitrogens with one attached hydrogen (secondary N) is 1. The van der Waals surface area contributed by atoms with Gasteiger partial charge >= 0.3 is 5.97 Å². The number of hydrogen-bond donors (Lipinski definition) is 3. The van der Waals surface area contributed by atoms with E-state index in [1.165, 1.54) is 12.5 Å². The summed E-state index contributed by atoms with van der Waals surface area (Å²) < 4.78 is 0. The molecular weight excluding hydrogens is 306 g/mol. The number of carbonyl (C=O) groups is 2. The van der Waals surface area contributed by atoms with E-state index in [1.807, 2.05) is 25.2 Å². The summed E-state index contributed by atoms with van der Waals surface area (Å²) >= 11 is 0. The molecule has 1 aromatic rings. The standard InChI is InChI=1S/C18H25N3O3/c1-12(22)20-17-15(19)10-14(18(23)24)11-16(17)21(2)9-8-13-6-4-3-5-7-13/h3-7,11,15-17H,8-10,19H2,1-2H3,(H,20,22)(H,23,24)/t15-,16+,17+/m0/s1. The molecule has 6 heteroatoms. The Morgan fingerprint density at radius 3 is 2.58 bits per heavy atom. The van der Waals surface area contributed by atoms with Gasteiger partial charge in [0.15, 0.2) is 0 Å². The first kappa shape index (κ1) is 18.2. The Labute approximate surface area is 142 Å². The Balaban J connectivity index is 2.14. The molecule has 24 heavy (non-hydrogen) atoms. The molecule has 1 aliphatic carbocycles. The van der Waals surface area contributed by atoms with Gasteiger partial charge in [-0.15, -0.1) is 0 Å². The summed E-state index contributed by atoms with van der Waals surface area (Å²) in [5, 5.41) is 12.2. The van der Waals surface area contributed by atoms with Crippen LogP contribution in [0.15, 0.2) is 42.0 Å². The molecule has 0 aliphatic heterocycles. The Morgan fingerprint density at radius 2 is 2.00 bits per heavy atom. The number of rotatable bonds is 6. The van der Waals surface area contributed by atoms with E-state index in [2.05, 4.69) is 22.3 Å². The maximum absolute atomic E-state index is 11.5. The van der Waals surface area contributed by atoms with Crippen LogP contribution in [-0.2, 0) is 16.0 Å². The van der Waals surface area contributed by atoms with E-state index >= 15 is 0 Å². The maximum Gasteiger partial charge on any atom is 0.331 e. The van der Waals surface area contributed by atoms with E-state index in [0.717, 1.165) is 13.0 Å². The molecule has 130 valence electrons. The van der Waals surface area contributed by atoms with E-state index in [0.29, 0.717) is 5.57 Å². The average Bonchev–Trinajstić information content (AvgIpc) is 2.54. The summed E-state index contributed by atoms with van der Waals surface area (Å²) in [5.74, 6) is -1.11. The molecule has 1 amide bonds. The zero-order chi connectivity index (χ0) is 17.7. The fourth-order valence-corrected chi connectivity index (χ4v) is 3.10. The number of nitrogens with two attached hydrogens (primary N) is 1. The second-order valence-electron chi connectivity index (χ2n) is 6.30. The molecule has 4 N–H and O–H groups in total. The van der Waals surface area contributed by atoms with Crippen molar-refractivity contribution in [3.63, 3.8) is 0 Å². The van der Waals surface area contributed by atoms with Crippen LogP contribution in [0.2, 0.25) is 0 Å². The van der Waals surface area contributed by atoms with Gasteiger partial charge in [0.2, 0.25) is 5.91 Å². The number of hydrogen-bond acceptors (Lipinski definition) is 4. The van der Waals surface area contributed by atoms with Crippen LogP contribution in [0.1, 0.15) is 18.9 Å². The van der Waals surface area contributed by atoms with Gasteiger partial charge in [-0.25, -0.2) is 4.79 Å². The summed E-state index contributed by atoms with van der Waals surface area (Å²) in [5.41, 5.74) is 7.66. The Hall–Kier alpha value is -2.18. The van der Waals surface area contributed by atoms with Crippen molar-refractivity contribution in [2.24, 2.45) is 5.73 Å². The quantitative estimate of drug-likeness (QED) is 0.716. The molecule has 3 atom stereocenters. The highest BCUT2D eigenvalue weighted by Gasteiger charge is 2.35. The molecule has 2 rings (SSSR count). The van der Waals surface area contributed by atoms with Gasteiger partial charge in [-0.05, 0) is 25.5 Å². The van der Waals surface area contributed by atoms with Crippen LogP contribution in [0, 0.1) is 0 Å². The van der Waals surface area contributed by atoms with E-state index in [1.54, 1.807) is 6.08 Å². The SMILES string of the molecule is CC(=O)N[C@H]1[C@H](N(C)CCc2ccccc2)C=C(C(=O)O)C[C@@H]1N. The number of benzene rings is 1. The maximum atomic E-state index is 11.5. The molecule has 1 aliphatic rings. The van der Waals surface area contributed by atoms with Crippen LogP contribution in [0.25, 0.3) is 0 Å². The van der Waals surface area contributed by atoms with Gasteiger partial charge in [-0.3, -0.25) is 9.69 Å². The molecule has 6 nitrogen and oxygen atoms in total. The van der Waals surface area contributed by atoms with Crippen LogP contribution in [0.4, 0.5) is 0 Å².